The number of nitrogens with one attached hydrogen (secondary N) is 1. The normalized spacial score (nSPS) is 23.6. The van der Waals surface area contributed by atoms with Gasteiger partial charge in [-0.1, -0.05) is 19.8 Å². The highest BCUT2D eigenvalue weighted by molar-refractivity contribution is 7.15. The summed E-state index contributed by atoms with van der Waals surface area (Å²) in [5.41, 5.74) is 8.18. The number of aryl methyl sites for hydroxylation is 1. The quantitative estimate of drug-likeness (QED) is 0.465. The molecule has 2 heterocycles. The number of nitrogen functional groups attached to an aromatic ring is 1. The predicted molar refractivity (Wildman–Crippen MR) is 134 cm³/mol. The van der Waals surface area contributed by atoms with Crippen LogP contribution in [0.25, 0.3) is 6.08 Å². The molecule has 0 spiro atoms. The summed E-state index contributed by atoms with van der Waals surface area (Å²) in [5.74, 6) is 1.64. The summed E-state index contributed by atoms with van der Waals surface area (Å²) in [5, 5.41) is 0.729. The Balaban J connectivity index is 1.20. The Morgan fingerprint density at radius 1 is 1.25 bits per heavy atom. The predicted octanol–water partition coefficient (Wildman–Crippen LogP) is 5.49. The summed E-state index contributed by atoms with van der Waals surface area (Å²) in [6, 6.07) is 4.58. The van der Waals surface area contributed by atoms with Crippen LogP contribution in [-0.4, -0.2) is 39.8 Å². The maximum Gasteiger partial charge on any atom is 0.180 e. The monoisotopic (exact) mass is 454 g/mol. The lowest BCUT2D eigenvalue weighted by atomic mass is 9.78. The van der Waals surface area contributed by atoms with E-state index in [0.29, 0.717) is 18.4 Å². The molecule has 1 saturated carbocycles. The summed E-state index contributed by atoms with van der Waals surface area (Å²) in [4.78, 5) is 24.1. The molecule has 6 heteroatoms. The van der Waals surface area contributed by atoms with E-state index >= 15 is 0 Å². The largest absolute Gasteiger partial charge is 0.375 e. The summed E-state index contributed by atoms with van der Waals surface area (Å²) >= 11 is 1.69. The standard InChI is InChI=1S/C26H38N4OS/c1-2-15-30(22-10-12-24-25(18-22)32-26(27)29-24)16-13-19-5-7-20(8-6-19)17-23(31)11-9-21-4-3-14-28-21/h3-4,9,11,14,19-20,22,28H,2,5-8,10,12-13,15-18H2,1H3,(H2,27,29)/b11-9+/t19?,20?,22-/m0/s1. The molecule has 0 radical (unpaired) electrons. The molecule has 0 saturated heterocycles. The maximum absolute atomic E-state index is 12.3. The zero-order valence-electron chi connectivity index (χ0n) is 19.4. The zero-order valence-corrected chi connectivity index (χ0v) is 20.2. The molecule has 0 aromatic carbocycles. The second-order valence-corrected chi connectivity index (χ2v) is 10.8. The van der Waals surface area contributed by atoms with Crippen LogP contribution in [0, 0.1) is 11.8 Å². The Bertz CT molecular complexity index is 880. The second-order valence-electron chi connectivity index (χ2n) is 9.66. The number of carbonyl (C=O) groups excluding carboxylic acids is 1. The molecule has 3 N–H and O–H groups in total. The molecule has 2 aromatic heterocycles. The van der Waals surface area contributed by atoms with Crippen molar-refractivity contribution >= 4 is 28.3 Å². The number of fused-ring (bicyclic) bond motifs is 1. The highest BCUT2D eigenvalue weighted by Crippen LogP contribution is 2.34. The number of nitrogens with zero attached hydrogens (tertiary/aromatic N) is 2. The van der Waals surface area contributed by atoms with Crippen LogP contribution in [0.3, 0.4) is 0 Å². The number of hydrogen-bond donors (Lipinski definition) is 2. The summed E-state index contributed by atoms with van der Waals surface area (Å²) in [6.45, 7) is 4.68. The molecule has 4 rings (SSSR count). The zero-order chi connectivity index (χ0) is 22.3. The summed E-state index contributed by atoms with van der Waals surface area (Å²) in [6.07, 6.45) is 17.1. The number of hydrogen-bond acceptors (Lipinski definition) is 5. The lowest BCUT2D eigenvalue weighted by molar-refractivity contribution is -0.115. The van der Waals surface area contributed by atoms with Gasteiger partial charge in [0.25, 0.3) is 0 Å². The Hall–Kier alpha value is -1.92. The van der Waals surface area contributed by atoms with Crippen LogP contribution in [0.4, 0.5) is 5.13 Å². The number of aromatic nitrogens is 2. The van der Waals surface area contributed by atoms with E-state index in [4.69, 9.17) is 5.73 Å². The van der Waals surface area contributed by atoms with Crippen LogP contribution >= 0.6 is 11.3 Å². The number of anilines is 1. The van der Waals surface area contributed by atoms with E-state index in [2.05, 4.69) is 21.8 Å². The van der Waals surface area contributed by atoms with E-state index in [1.165, 1.54) is 68.6 Å². The molecule has 5 nitrogen and oxygen atoms in total. The van der Waals surface area contributed by atoms with E-state index in [0.717, 1.165) is 29.6 Å². The van der Waals surface area contributed by atoms with E-state index in [-0.39, 0.29) is 5.78 Å². The minimum absolute atomic E-state index is 0.262. The van der Waals surface area contributed by atoms with Crippen LogP contribution in [0.15, 0.2) is 24.4 Å². The Kier molecular flexibility index (Phi) is 8.20. The molecule has 2 aliphatic rings. The van der Waals surface area contributed by atoms with Gasteiger partial charge in [-0.3, -0.25) is 4.79 Å². The van der Waals surface area contributed by atoms with Gasteiger partial charge < -0.3 is 15.6 Å². The van der Waals surface area contributed by atoms with Crippen molar-refractivity contribution in [2.75, 3.05) is 18.8 Å². The van der Waals surface area contributed by atoms with Crippen LogP contribution in [0.2, 0.25) is 0 Å². The van der Waals surface area contributed by atoms with Crippen molar-refractivity contribution in [2.45, 2.75) is 77.2 Å². The van der Waals surface area contributed by atoms with Gasteiger partial charge in [0.05, 0.1) is 5.69 Å². The van der Waals surface area contributed by atoms with Crippen LogP contribution in [-0.2, 0) is 17.6 Å². The van der Waals surface area contributed by atoms with Crippen molar-refractivity contribution < 1.29 is 4.79 Å². The third-order valence-corrected chi connectivity index (χ3v) is 8.26. The van der Waals surface area contributed by atoms with E-state index in [1.807, 2.05) is 24.4 Å². The van der Waals surface area contributed by atoms with Gasteiger partial charge in [-0.2, -0.15) is 0 Å². The van der Waals surface area contributed by atoms with Crippen molar-refractivity contribution in [3.05, 3.63) is 40.7 Å². The van der Waals surface area contributed by atoms with Crippen LogP contribution < -0.4 is 5.73 Å². The first kappa shape index (κ1) is 23.2. The number of ketones is 1. The van der Waals surface area contributed by atoms with E-state index < -0.39 is 0 Å². The Labute approximate surface area is 196 Å². The molecular weight excluding hydrogens is 416 g/mol. The number of allylic oxidation sites excluding steroid dienone is 1. The lowest BCUT2D eigenvalue weighted by Gasteiger charge is -2.36. The minimum atomic E-state index is 0.262. The topological polar surface area (TPSA) is 75.0 Å². The van der Waals surface area contributed by atoms with E-state index in [9.17, 15) is 4.79 Å². The molecule has 0 bridgehead atoms. The molecule has 2 aromatic rings. The number of H-pyrrole nitrogens is 1. The van der Waals surface area contributed by atoms with Gasteiger partial charge in [-0.25, -0.2) is 4.98 Å². The molecule has 1 atom stereocenters. The fourth-order valence-corrected chi connectivity index (χ4v) is 6.46. The average Bonchev–Trinajstić information content (AvgIpc) is 3.44. The summed E-state index contributed by atoms with van der Waals surface area (Å²) in [7, 11) is 0. The molecule has 174 valence electrons. The fraction of sp³-hybridized carbons (Fsp3) is 0.615. The Morgan fingerprint density at radius 2 is 2.06 bits per heavy atom. The molecule has 1 fully saturated rings. The fourth-order valence-electron chi connectivity index (χ4n) is 5.51. The first-order chi connectivity index (χ1) is 15.6. The minimum Gasteiger partial charge on any atom is -0.375 e. The van der Waals surface area contributed by atoms with Gasteiger partial charge in [0.1, 0.15) is 0 Å². The first-order valence-electron chi connectivity index (χ1n) is 12.4. The molecule has 0 aliphatic heterocycles. The molecule has 0 unspecified atom stereocenters. The van der Waals surface area contributed by atoms with Gasteiger partial charge in [-0.05, 0) is 94.2 Å². The third-order valence-electron chi connectivity index (χ3n) is 7.31. The van der Waals surface area contributed by atoms with Gasteiger partial charge in [-0.15, -0.1) is 11.3 Å². The van der Waals surface area contributed by atoms with Crippen molar-refractivity contribution in [2.24, 2.45) is 11.8 Å². The van der Waals surface area contributed by atoms with Gasteiger partial charge in [0.2, 0.25) is 0 Å². The SMILES string of the molecule is CCCN(CCC1CCC(CC(=O)/C=C/c2ccc[nH]2)CC1)[C@H]1CCc2nc(N)sc2C1. The lowest BCUT2D eigenvalue weighted by Crippen LogP contribution is -2.41. The highest BCUT2D eigenvalue weighted by atomic mass is 32.1. The van der Waals surface area contributed by atoms with Crippen LogP contribution in [0.5, 0.6) is 0 Å². The third kappa shape index (κ3) is 6.32. The average molecular weight is 455 g/mol. The second kappa shape index (κ2) is 11.3. The van der Waals surface area contributed by atoms with Gasteiger partial charge in [0, 0.05) is 29.2 Å². The molecule has 0 amide bonds. The molecular formula is C26H38N4OS. The number of nitrogens with two attached hydrogens (primary N) is 1. The maximum atomic E-state index is 12.3. The number of rotatable bonds is 10. The number of thiazole rings is 1. The molecule has 2 aliphatic carbocycles. The summed E-state index contributed by atoms with van der Waals surface area (Å²) < 4.78 is 0. The van der Waals surface area contributed by atoms with Crippen molar-refractivity contribution in [3.8, 4) is 0 Å². The number of aromatic amines is 1. The van der Waals surface area contributed by atoms with Crippen molar-refractivity contribution in [1.82, 2.24) is 14.9 Å². The number of carbonyl (C=O) groups is 1. The highest BCUT2D eigenvalue weighted by Gasteiger charge is 2.28. The first-order valence-corrected chi connectivity index (χ1v) is 13.2. The Morgan fingerprint density at radius 3 is 2.81 bits per heavy atom. The smallest absolute Gasteiger partial charge is 0.180 e. The van der Waals surface area contributed by atoms with Gasteiger partial charge >= 0.3 is 0 Å². The van der Waals surface area contributed by atoms with Crippen molar-refractivity contribution in [1.29, 1.82) is 0 Å². The molecule has 32 heavy (non-hydrogen) atoms. The van der Waals surface area contributed by atoms with E-state index in [1.54, 1.807) is 17.4 Å². The van der Waals surface area contributed by atoms with Crippen molar-refractivity contribution in [3.63, 3.8) is 0 Å². The van der Waals surface area contributed by atoms with Crippen LogP contribution in [0.1, 0.15) is 74.6 Å². The van der Waals surface area contributed by atoms with Gasteiger partial charge in [0.15, 0.2) is 10.9 Å².